The number of carbonyl (C=O) groups excluding carboxylic acids is 3. The van der Waals surface area contributed by atoms with Gasteiger partial charge in [0.25, 0.3) is 18.2 Å². The molecule has 2 aromatic rings. The van der Waals surface area contributed by atoms with Gasteiger partial charge in [0.05, 0.1) is 25.9 Å². The Morgan fingerprint density at radius 1 is 1.02 bits per heavy atom. The third-order valence-corrected chi connectivity index (χ3v) is 5.05. The summed E-state index contributed by atoms with van der Waals surface area (Å²) >= 11 is -0.158. The zero-order valence-corrected chi connectivity index (χ0v) is 22.7. The van der Waals surface area contributed by atoms with Crippen molar-refractivity contribution in [3.05, 3.63) is 47.3 Å². The van der Waals surface area contributed by atoms with Crippen molar-refractivity contribution in [1.82, 2.24) is 10.3 Å². The summed E-state index contributed by atoms with van der Waals surface area (Å²) in [6, 6.07) is 6.46. The molecule has 0 unspecified atom stereocenters. The first-order valence-electron chi connectivity index (χ1n) is 11.5. The Hall–Kier alpha value is -3.44. The average molecular weight is 593 g/mol. The molecule has 0 fully saturated rings. The Morgan fingerprint density at radius 3 is 2.40 bits per heavy atom. The largest absolute Gasteiger partial charge is 0.550 e. The zero-order valence-electron chi connectivity index (χ0n) is 21.9. The highest BCUT2D eigenvalue weighted by Crippen LogP contribution is 2.32. The summed E-state index contributed by atoms with van der Waals surface area (Å²) in [6.07, 6.45) is -5.06. The predicted octanol–water partition coefficient (Wildman–Crippen LogP) is 4.11. The minimum atomic E-state index is -5.06. The Kier molecular flexibility index (Phi) is 13.1. The number of ether oxygens (including phenoxy) is 4. The average Bonchev–Trinajstić information content (AvgIpc) is 2.92. The number of hydrogen-bond acceptors (Lipinski definition) is 12. The van der Waals surface area contributed by atoms with E-state index in [2.05, 4.69) is 19.5 Å². The number of benzene rings is 1. The molecule has 1 aromatic carbocycles. The molecule has 0 saturated heterocycles. The van der Waals surface area contributed by atoms with Crippen LogP contribution in [0.15, 0.2) is 30.3 Å². The predicted molar refractivity (Wildman–Crippen MR) is 133 cm³/mol. The summed E-state index contributed by atoms with van der Waals surface area (Å²) in [4.78, 5) is 45.4. The number of methoxy groups -OCH3 is 2. The number of nitrogens with zero attached hydrogens (tertiary/aromatic N) is 1. The Bertz CT molecular complexity index is 1160. The molecule has 1 amide bonds. The molecule has 16 heteroatoms. The van der Waals surface area contributed by atoms with Crippen molar-refractivity contribution in [2.24, 2.45) is 5.92 Å². The SMILES string of the molecule is COCCOCOC(=O)c1cc(OSOOC(F)(F)F)ccc1-c1ccc(C(=O)NCC(C)C)nc1C(=O)OC. The van der Waals surface area contributed by atoms with Gasteiger partial charge in [0.1, 0.15) is 11.4 Å². The second-order valence-electron chi connectivity index (χ2n) is 8.09. The lowest BCUT2D eigenvalue weighted by atomic mass is 9.97. The van der Waals surface area contributed by atoms with Gasteiger partial charge in [-0.1, -0.05) is 13.8 Å². The van der Waals surface area contributed by atoms with Gasteiger partial charge in [0.2, 0.25) is 0 Å². The molecule has 1 aromatic heterocycles. The van der Waals surface area contributed by atoms with E-state index >= 15 is 0 Å². The van der Waals surface area contributed by atoms with E-state index in [0.717, 1.165) is 13.2 Å². The monoisotopic (exact) mass is 592 g/mol. The maximum absolute atomic E-state index is 13.0. The second-order valence-corrected chi connectivity index (χ2v) is 8.53. The fraction of sp³-hybridized carbons (Fsp3) is 0.417. The highest BCUT2D eigenvalue weighted by Gasteiger charge is 2.32. The van der Waals surface area contributed by atoms with E-state index in [-0.39, 0.29) is 65.3 Å². The molecule has 1 heterocycles. The fourth-order valence-corrected chi connectivity index (χ4v) is 3.22. The van der Waals surface area contributed by atoms with E-state index in [9.17, 15) is 27.6 Å². The van der Waals surface area contributed by atoms with Crippen LogP contribution in [0, 0.1) is 5.92 Å². The molecule has 0 bridgehead atoms. The standard InChI is InChI=1S/C24H27F3N2O10S/c1-14(2)12-28-21(30)19-8-7-17(20(29-19)23(32)34-4)16-6-5-15(37-40-39-38-24(25,26)27)11-18(16)22(31)36-13-35-10-9-33-3/h5-8,11,14H,9-10,12-13H2,1-4H3,(H,28,30). The highest BCUT2D eigenvalue weighted by molar-refractivity contribution is 7.90. The fourth-order valence-electron chi connectivity index (χ4n) is 2.90. The van der Waals surface area contributed by atoms with Gasteiger partial charge in [-0.2, -0.15) is 0 Å². The smallest absolute Gasteiger partial charge is 0.464 e. The number of esters is 2. The summed E-state index contributed by atoms with van der Waals surface area (Å²) in [6.45, 7) is 4.09. The van der Waals surface area contributed by atoms with Crippen molar-refractivity contribution in [1.29, 1.82) is 0 Å². The minimum absolute atomic E-state index is 0.0707. The van der Waals surface area contributed by atoms with E-state index in [1.54, 1.807) is 0 Å². The van der Waals surface area contributed by atoms with Gasteiger partial charge in [-0.05, 0) is 41.8 Å². The van der Waals surface area contributed by atoms with Crippen LogP contribution in [0.4, 0.5) is 13.2 Å². The number of hydrogen-bond donors (Lipinski definition) is 1. The Labute approximate surface area is 231 Å². The third kappa shape index (κ3) is 10.6. The number of alkyl halides is 3. The Balaban J connectivity index is 2.44. The molecular formula is C24H27F3N2O10S. The van der Waals surface area contributed by atoms with E-state index in [0.29, 0.717) is 6.54 Å². The van der Waals surface area contributed by atoms with Crippen LogP contribution in [0.25, 0.3) is 11.1 Å². The van der Waals surface area contributed by atoms with Crippen LogP contribution in [0.1, 0.15) is 45.2 Å². The number of nitrogens with one attached hydrogen (secondary N) is 1. The quantitative estimate of drug-likeness (QED) is 0.0795. The molecule has 0 aliphatic rings. The number of rotatable bonds is 15. The van der Waals surface area contributed by atoms with Crippen molar-refractivity contribution in [3.63, 3.8) is 0 Å². The highest BCUT2D eigenvalue weighted by atomic mass is 32.2. The molecule has 0 saturated carbocycles. The molecule has 0 spiro atoms. The molecule has 220 valence electrons. The number of halogens is 3. The van der Waals surface area contributed by atoms with Crippen LogP contribution >= 0.6 is 12.3 Å². The number of amides is 1. The number of pyridine rings is 1. The van der Waals surface area contributed by atoms with Crippen LogP contribution in [-0.4, -0.2) is 70.0 Å². The van der Waals surface area contributed by atoms with Crippen LogP contribution in [-0.2, 0) is 28.2 Å². The van der Waals surface area contributed by atoms with E-state index in [4.69, 9.17) is 23.1 Å². The van der Waals surface area contributed by atoms with E-state index in [1.807, 2.05) is 13.8 Å². The van der Waals surface area contributed by atoms with Gasteiger partial charge in [0.15, 0.2) is 12.5 Å². The van der Waals surface area contributed by atoms with Crippen LogP contribution < -0.4 is 9.50 Å². The summed E-state index contributed by atoms with van der Waals surface area (Å²) in [5.74, 6) is -2.34. The van der Waals surface area contributed by atoms with Gasteiger partial charge in [0, 0.05) is 19.2 Å². The molecule has 2 rings (SSSR count). The summed E-state index contributed by atoms with van der Waals surface area (Å²) in [5.41, 5.74) is -0.341. The lowest BCUT2D eigenvalue weighted by Crippen LogP contribution is -2.28. The van der Waals surface area contributed by atoms with Crippen molar-refractivity contribution >= 4 is 30.2 Å². The number of aromatic nitrogens is 1. The van der Waals surface area contributed by atoms with Crippen molar-refractivity contribution in [2.75, 3.05) is 40.8 Å². The first kappa shape index (κ1) is 32.8. The van der Waals surface area contributed by atoms with Gasteiger partial charge in [-0.25, -0.2) is 14.6 Å². The van der Waals surface area contributed by atoms with Crippen molar-refractivity contribution < 1.29 is 59.9 Å². The minimum Gasteiger partial charge on any atom is -0.464 e. The summed E-state index contributed by atoms with van der Waals surface area (Å²) < 4.78 is 65.1. The molecule has 0 aliphatic heterocycles. The third-order valence-electron chi connectivity index (χ3n) is 4.67. The molecule has 0 aliphatic carbocycles. The van der Waals surface area contributed by atoms with Gasteiger partial charge < -0.3 is 28.4 Å². The second kappa shape index (κ2) is 16.0. The van der Waals surface area contributed by atoms with Crippen molar-refractivity contribution in [2.45, 2.75) is 20.2 Å². The molecule has 1 N–H and O–H groups in total. The number of carbonyl (C=O) groups is 3. The van der Waals surface area contributed by atoms with Crippen molar-refractivity contribution in [3.8, 4) is 16.9 Å². The maximum atomic E-state index is 13.0. The summed E-state index contributed by atoms with van der Waals surface area (Å²) in [5, 5.41) is 2.69. The van der Waals surface area contributed by atoms with Crippen LogP contribution in [0.5, 0.6) is 5.75 Å². The molecule has 12 nitrogen and oxygen atoms in total. The first-order valence-corrected chi connectivity index (χ1v) is 12.1. The van der Waals surface area contributed by atoms with Gasteiger partial charge >= 0.3 is 18.3 Å². The molecule has 0 radical (unpaired) electrons. The van der Waals surface area contributed by atoms with Crippen LogP contribution in [0.3, 0.4) is 0 Å². The van der Waals surface area contributed by atoms with Gasteiger partial charge in [-0.15, -0.1) is 22.4 Å². The lowest BCUT2D eigenvalue weighted by Gasteiger charge is -2.15. The Morgan fingerprint density at radius 2 is 1.75 bits per heavy atom. The van der Waals surface area contributed by atoms with Gasteiger partial charge in [-0.3, -0.25) is 4.79 Å². The first-order chi connectivity index (χ1) is 19.0. The summed E-state index contributed by atoms with van der Waals surface area (Å²) in [7, 11) is 2.57. The maximum Gasteiger partial charge on any atom is 0.550 e. The van der Waals surface area contributed by atoms with E-state index < -0.39 is 31.0 Å². The van der Waals surface area contributed by atoms with E-state index in [1.165, 1.54) is 31.4 Å². The molecule has 0 atom stereocenters. The lowest BCUT2D eigenvalue weighted by molar-refractivity contribution is -0.441. The van der Waals surface area contributed by atoms with Crippen LogP contribution in [0.2, 0.25) is 0 Å². The molecule has 40 heavy (non-hydrogen) atoms. The normalized spacial score (nSPS) is 11.3. The topological polar surface area (TPSA) is 141 Å². The zero-order chi connectivity index (χ0) is 29.7. The molecular weight excluding hydrogens is 565 g/mol.